The predicted octanol–water partition coefficient (Wildman–Crippen LogP) is -1.40. The van der Waals surface area contributed by atoms with Crippen LogP contribution in [0.4, 0.5) is 10.1 Å². The van der Waals surface area contributed by atoms with E-state index in [1.54, 1.807) is 19.9 Å². The monoisotopic (exact) mass is 482 g/mol. The van der Waals surface area contributed by atoms with Crippen LogP contribution in [0.1, 0.15) is 32.9 Å². The second-order valence-electron chi connectivity index (χ2n) is 9.56. The van der Waals surface area contributed by atoms with Gasteiger partial charge in [-0.15, -0.1) is 0 Å². The minimum atomic E-state index is -2.57. The third kappa shape index (κ3) is 3.97. The van der Waals surface area contributed by atoms with E-state index in [2.05, 4.69) is 15.6 Å². The first-order valence-electron chi connectivity index (χ1n) is 11.3. The number of carbonyl (C=O) groups is 2. The molecule has 0 aliphatic carbocycles. The van der Waals surface area contributed by atoms with Crippen LogP contribution in [0.5, 0.6) is 0 Å². The Morgan fingerprint density at radius 1 is 1.14 bits per heavy atom. The van der Waals surface area contributed by atoms with Gasteiger partial charge in [-0.25, -0.2) is 4.39 Å². The van der Waals surface area contributed by atoms with Crippen molar-refractivity contribution in [3.05, 3.63) is 52.1 Å². The molecule has 14 radical (unpaired) electrons. The van der Waals surface area contributed by atoms with E-state index in [1.165, 1.54) is 18.2 Å². The molecule has 1 aromatic carbocycles. The number of nitrogens with zero attached hydrogens (tertiary/aromatic N) is 1. The number of nitrogens with one attached hydrogen (secondary N) is 3. The number of hydrogen-bond donors (Lipinski definition) is 4. The van der Waals surface area contributed by atoms with Crippen molar-refractivity contribution >= 4 is 84.1 Å². The molecule has 4 N–H and O–H groups in total. The van der Waals surface area contributed by atoms with Gasteiger partial charge in [0, 0.05) is 41.2 Å². The lowest BCUT2D eigenvalue weighted by atomic mass is 9.26. The van der Waals surface area contributed by atoms with Gasteiger partial charge in [-0.2, -0.15) is 0 Å². The van der Waals surface area contributed by atoms with Crippen molar-refractivity contribution in [3.63, 3.8) is 0 Å². The summed E-state index contributed by atoms with van der Waals surface area (Å²) in [6.07, 6.45) is 1.56. The molecular formula is C22H18B7FN4O3. The van der Waals surface area contributed by atoms with Gasteiger partial charge in [0.25, 0.3) is 11.8 Å². The smallest absolute Gasteiger partial charge is 0.256 e. The second-order valence-corrected chi connectivity index (χ2v) is 9.56. The molecule has 15 heteroatoms. The fraction of sp³-hybridized carbons (Fsp3) is 0.364. The van der Waals surface area contributed by atoms with Crippen LogP contribution >= 0.6 is 0 Å². The van der Waals surface area contributed by atoms with E-state index in [1.807, 2.05) is 0 Å². The van der Waals surface area contributed by atoms with Gasteiger partial charge >= 0.3 is 0 Å². The number of fused-ring (bicyclic) bond motifs is 1. The number of H-pyrrole nitrogens is 1. The molecule has 1 unspecified atom stereocenters. The Labute approximate surface area is 224 Å². The summed E-state index contributed by atoms with van der Waals surface area (Å²) >= 11 is 0. The topological polar surface area (TPSA) is 97.5 Å². The van der Waals surface area contributed by atoms with Crippen molar-refractivity contribution in [3.8, 4) is 0 Å². The van der Waals surface area contributed by atoms with E-state index < -0.39 is 39.0 Å². The maximum atomic E-state index is 13.8. The average Bonchev–Trinajstić information content (AvgIpc) is 3.26. The third-order valence-electron chi connectivity index (χ3n) is 7.17. The van der Waals surface area contributed by atoms with E-state index in [0.29, 0.717) is 33.8 Å². The molecule has 2 aliphatic heterocycles. The lowest BCUT2D eigenvalue weighted by Crippen LogP contribution is -2.63. The summed E-state index contributed by atoms with van der Waals surface area (Å²) in [5, 5.41) is 9.30. The Kier molecular flexibility index (Phi) is 6.52. The van der Waals surface area contributed by atoms with Crippen molar-refractivity contribution in [2.45, 2.75) is 35.2 Å². The van der Waals surface area contributed by atoms with Crippen LogP contribution in [0.25, 0.3) is 11.6 Å². The molecule has 0 spiro atoms. The number of amides is 2. The highest BCUT2D eigenvalue weighted by atomic mass is 19.1. The van der Waals surface area contributed by atoms with E-state index in [0.717, 1.165) is 4.90 Å². The SMILES string of the molecule is [B]C1([B])N(CCNC(=O)c2c(C)[nH]c(/C=C3\C(=O)Nc4ccc(F)cc43)c2C)C([B])([B])C([B])(O)C1([B])[B]. The highest BCUT2D eigenvalue weighted by Crippen LogP contribution is 2.54. The number of halogens is 1. The molecule has 2 aliphatic rings. The number of anilines is 1. The van der Waals surface area contributed by atoms with Gasteiger partial charge in [0.2, 0.25) is 0 Å². The summed E-state index contributed by atoms with van der Waals surface area (Å²) in [6, 6.07) is 4.00. The van der Waals surface area contributed by atoms with Gasteiger partial charge in [0.05, 0.1) is 58.2 Å². The van der Waals surface area contributed by atoms with Gasteiger partial charge in [-0.1, -0.05) is 10.6 Å². The highest BCUT2D eigenvalue weighted by molar-refractivity contribution is 6.61. The maximum absolute atomic E-state index is 13.8. The molecule has 4 rings (SSSR count). The third-order valence-corrected chi connectivity index (χ3v) is 7.17. The summed E-state index contributed by atoms with van der Waals surface area (Å²) < 4.78 is 13.8. The Hall–Kier alpha value is -2.52. The van der Waals surface area contributed by atoms with Crippen LogP contribution in [0, 0.1) is 19.7 Å². The normalized spacial score (nSPS) is 24.6. The summed E-state index contributed by atoms with van der Waals surface area (Å²) in [4.78, 5) is 29.6. The number of likely N-dealkylation sites (tertiary alicyclic amines) is 1. The number of benzene rings is 1. The van der Waals surface area contributed by atoms with E-state index >= 15 is 0 Å². The Balaban J connectivity index is 1.53. The molecule has 1 atom stereocenters. The van der Waals surface area contributed by atoms with Gasteiger partial charge < -0.3 is 25.6 Å². The molecule has 37 heavy (non-hydrogen) atoms. The Morgan fingerprint density at radius 2 is 1.78 bits per heavy atom. The second kappa shape index (κ2) is 8.77. The molecule has 2 aromatic rings. The zero-order chi connectivity index (χ0) is 27.7. The molecule has 0 saturated carbocycles. The molecule has 1 saturated heterocycles. The number of aryl methyl sites for hydroxylation is 1. The molecule has 1 fully saturated rings. The summed E-state index contributed by atoms with van der Waals surface area (Å²) in [5.41, 5.74) is 0.505. The van der Waals surface area contributed by atoms with Crippen LogP contribution in [0.3, 0.4) is 0 Å². The van der Waals surface area contributed by atoms with Crippen LogP contribution < -0.4 is 10.6 Å². The zero-order valence-electron chi connectivity index (χ0n) is 20.4. The quantitative estimate of drug-likeness (QED) is 0.312. The molecule has 172 valence electrons. The van der Waals surface area contributed by atoms with Crippen LogP contribution in [0.2, 0.25) is 5.21 Å². The average molecular weight is 481 g/mol. The minimum Gasteiger partial charge on any atom is -0.400 e. The Bertz CT molecular complexity index is 1310. The van der Waals surface area contributed by atoms with Crippen LogP contribution in [-0.4, -0.2) is 111 Å². The number of carbonyl (C=O) groups excluding carboxylic acids is 2. The number of aliphatic hydroxyl groups is 1. The lowest BCUT2D eigenvalue weighted by molar-refractivity contribution is -0.110. The standard InChI is InChI=1S/C22H18B7FN4O3/c1-9-15(8-13-12-7-11(30)3-4-14(12)33-17(13)35)32-10(2)16(9)18(36)31-5-6-34-21(26,27)19(23,24)20(25,37)22(34,28)29/h3-4,7-8,32,37H,5-6H2,1-2H3,(H,31,36)(H,33,35)/b13-8-. The van der Waals surface area contributed by atoms with Gasteiger partial charge in [0.15, 0.2) is 0 Å². The predicted molar refractivity (Wildman–Crippen MR) is 146 cm³/mol. The van der Waals surface area contributed by atoms with E-state index in [-0.39, 0.29) is 18.7 Å². The van der Waals surface area contributed by atoms with Crippen molar-refractivity contribution in [2.75, 3.05) is 18.4 Å². The van der Waals surface area contributed by atoms with Crippen LogP contribution in [0.15, 0.2) is 18.2 Å². The fourth-order valence-electron chi connectivity index (χ4n) is 4.82. The van der Waals surface area contributed by atoms with Gasteiger partial charge in [0.1, 0.15) is 13.7 Å². The highest BCUT2D eigenvalue weighted by Gasteiger charge is 2.64. The number of aromatic nitrogens is 1. The van der Waals surface area contributed by atoms with E-state index in [4.69, 9.17) is 54.9 Å². The number of aromatic amines is 1. The van der Waals surface area contributed by atoms with Gasteiger partial charge in [-0.05, 0) is 49.0 Å². The Morgan fingerprint density at radius 3 is 2.38 bits per heavy atom. The largest absolute Gasteiger partial charge is 0.400 e. The molecule has 1 aromatic heterocycles. The fourth-order valence-corrected chi connectivity index (χ4v) is 4.82. The molecular weight excluding hydrogens is 463 g/mol. The zero-order valence-corrected chi connectivity index (χ0v) is 20.4. The molecule has 3 heterocycles. The van der Waals surface area contributed by atoms with Gasteiger partial charge in [-0.3, -0.25) is 9.59 Å². The lowest BCUT2D eigenvalue weighted by Gasteiger charge is -2.47. The minimum absolute atomic E-state index is 0.0766. The first-order valence-corrected chi connectivity index (χ1v) is 11.3. The first-order chi connectivity index (χ1) is 16.9. The van der Waals surface area contributed by atoms with Crippen molar-refractivity contribution < 1.29 is 19.1 Å². The summed E-state index contributed by atoms with van der Waals surface area (Å²) in [7, 11) is 41.6. The number of hydrogen-bond acceptors (Lipinski definition) is 4. The van der Waals surface area contributed by atoms with E-state index in [9.17, 15) is 19.1 Å². The molecule has 2 amide bonds. The van der Waals surface area contributed by atoms with Crippen molar-refractivity contribution in [1.82, 2.24) is 15.2 Å². The summed E-state index contributed by atoms with van der Waals surface area (Å²) in [5.74, 6) is -1.34. The maximum Gasteiger partial charge on any atom is 0.256 e. The van der Waals surface area contributed by atoms with Crippen LogP contribution in [-0.2, 0) is 4.79 Å². The molecule has 7 nitrogen and oxygen atoms in total. The summed E-state index contributed by atoms with van der Waals surface area (Å²) in [6.45, 7) is 3.15. The molecule has 0 bridgehead atoms. The number of rotatable bonds is 5. The first kappa shape index (κ1) is 27.5. The van der Waals surface area contributed by atoms with Crippen molar-refractivity contribution in [2.24, 2.45) is 0 Å². The van der Waals surface area contributed by atoms with Crippen molar-refractivity contribution in [1.29, 1.82) is 0 Å².